The Morgan fingerprint density at radius 2 is 2.12 bits per heavy atom. The molecule has 0 aliphatic carbocycles. The first-order chi connectivity index (χ1) is 7.69. The maximum Gasteiger partial charge on any atom is 0.0674 e. The summed E-state index contributed by atoms with van der Waals surface area (Å²) in [4.78, 5) is 2.55. The summed E-state index contributed by atoms with van der Waals surface area (Å²) in [5.41, 5.74) is 5.91. The highest BCUT2D eigenvalue weighted by atomic mass is 16.5. The molecule has 3 nitrogen and oxygen atoms in total. The molecule has 1 fully saturated rings. The molecule has 0 spiro atoms. The number of unbranched alkanes of at least 4 members (excludes halogenated alkanes) is 2. The standard InChI is InChI=1S/C13H28N2O/c1-4-5-6-7-13(8-14)15-9-12(3)16-10-11(15)2/h11-13H,4-10,14H2,1-3H3. The van der Waals surface area contributed by atoms with Crippen molar-refractivity contribution in [3.8, 4) is 0 Å². The Hall–Kier alpha value is -0.120. The van der Waals surface area contributed by atoms with Crippen molar-refractivity contribution < 1.29 is 4.74 Å². The Kier molecular flexibility index (Phi) is 6.32. The summed E-state index contributed by atoms with van der Waals surface area (Å²) in [6, 6.07) is 1.07. The number of hydrogen-bond acceptors (Lipinski definition) is 3. The third kappa shape index (κ3) is 4.04. The van der Waals surface area contributed by atoms with Gasteiger partial charge in [0.05, 0.1) is 12.7 Å². The summed E-state index contributed by atoms with van der Waals surface area (Å²) in [7, 11) is 0. The van der Waals surface area contributed by atoms with Crippen molar-refractivity contribution in [1.82, 2.24) is 4.90 Å². The van der Waals surface area contributed by atoms with Crippen molar-refractivity contribution in [2.45, 2.75) is 64.6 Å². The lowest BCUT2D eigenvalue weighted by molar-refractivity contribution is -0.0659. The molecule has 1 aliphatic heterocycles. The van der Waals surface area contributed by atoms with Crippen LogP contribution in [0, 0.1) is 0 Å². The van der Waals surface area contributed by atoms with Crippen LogP contribution in [-0.4, -0.2) is 42.8 Å². The average Bonchev–Trinajstić information content (AvgIpc) is 2.28. The van der Waals surface area contributed by atoms with Gasteiger partial charge in [-0.05, 0) is 20.3 Å². The summed E-state index contributed by atoms with van der Waals surface area (Å²) < 4.78 is 5.66. The normalized spacial score (nSPS) is 29.2. The Morgan fingerprint density at radius 3 is 2.75 bits per heavy atom. The van der Waals surface area contributed by atoms with Gasteiger partial charge in [-0.25, -0.2) is 0 Å². The minimum absolute atomic E-state index is 0.358. The second kappa shape index (κ2) is 7.25. The quantitative estimate of drug-likeness (QED) is 0.707. The molecule has 2 N–H and O–H groups in total. The van der Waals surface area contributed by atoms with E-state index in [4.69, 9.17) is 10.5 Å². The van der Waals surface area contributed by atoms with Gasteiger partial charge in [-0.2, -0.15) is 0 Å². The van der Waals surface area contributed by atoms with Crippen LogP contribution in [0.1, 0.15) is 46.5 Å². The number of nitrogens with zero attached hydrogens (tertiary/aromatic N) is 1. The summed E-state index contributed by atoms with van der Waals surface area (Å²) >= 11 is 0. The van der Waals surface area contributed by atoms with Gasteiger partial charge < -0.3 is 10.5 Å². The van der Waals surface area contributed by atoms with Gasteiger partial charge in [0, 0.05) is 25.2 Å². The first-order valence-electron chi connectivity index (χ1n) is 6.76. The number of ether oxygens (including phenoxy) is 1. The molecule has 1 saturated heterocycles. The second-order valence-electron chi connectivity index (χ2n) is 5.08. The molecular formula is C13H28N2O. The molecule has 0 aromatic rings. The predicted molar refractivity (Wildman–Crippen MR) is 68.6 cm³/mol. The molecule has 16 heavy (non-hydrogen) atoms. The van der Waals surface area contributed by atoms with Crippen LogP contribution in [0.5, 0.6) is 0 Å². The van der Waals surface area contributed by atoms with Crippen LogP contribution in [0.25, 0.3) is 0 Å². The zero-order chi connectivity index (χ0) is 12.0. The van der Waals surface area contributed by atoms with Crippen molar-refractivity contribution in [3.63, 3.8) is 0 Å². The number of hydrogen-bond donors (Lipinski definition) is 1. The van der Waals surface area contributed by atoms with Gasteiger partial charge in [0.15, 0.2) is 0 Å². The number of morpholine rings is 1. The van der Waals surface area contributed by atoms with Crippen LogP contribution in [0.15, 0.2) is 0 Å². The van der Waals surface area contributed by atoms with Gasteiger partial charge in [0.25, 0.3) is 0 Å². The van der Waals surface area contributed by atoms with Crippen LogP contribution in [0.2, 0.25) is 0 Å². The van der Waals surface area contributed by atoms with E-state index in [-0.39, 0.29) is 0 Å². The fourth-order valence-corrected chi connectivity index (χ4v) is 2.49. The van der Waals surface area contributed by atoms with E-state index in [0.29, 0.717) is 18.2 Å². The molecule has 0 aromatic carbocycles. The third-order valence-electron chi connectivity index (χ3n) is 3.54. The molecule has 1 rings (SSSR count). The highest BCUT2D eigenvalue weighted by Gasteiger charge is 2.28. The van der Waals surface area contributed by atoms with Gasteiger partial charge in [-0.3, -0.25) is 4.90 Å². The van der Waals surface area contributed by atoms with E-state index in [0.717, 1.165) is 19.7 Å². The minimum Gasteiger partial charge on any atom is -0.376 e. The molecule has 96 valence electrons. The van der Waals surface area contributed by atoms with Crippen LogP contribution < -0.4 is 5.73 Å². The highest BCUT2D eigenvalue weighted by Crippen LogP contribution is 2.18. The maximum absolute atomic E-state index is 5.91. The topological polar surface area (TPSA) is 38.5 Å². The van der Waals surface area contributed by atoms with Gasteiger partial charge in [-0.15, -0.1) is 0 Å². The highest BCUT2D eigenvalue weighted by molar-refractivity contribution is 4.82. The minimum atomic E-state index is 0.358. The molecule has 3 heteroatoms. The van der Waals surface area contributed by atoms with Crippen molar-refractivity contribution in [1.29, 1.82) is 0 Å². The van der Waals surface area contributed by atoms with Crippen LogP contribution in [0.4, 0.5) is 0 Å². The van der Waals surface area contributed by atoms with Crippen LogP contribution >= 0.6 is 0 Å². The molecule has 0 amide bonds. The zero-order valence-corrected chi connectivity index (χ0v) is 11.1. The van der Waals surface area contributed by atoms with E-state index in [2.05, 4.69) is 25.7 Å². The molecule has 0 saturated carbocycles. The van der Waals surface area contributed by atoms with E-state index in [1.54, 1.807) is 0 Å². The average molecular weight is 228 g/mol. The first kappa shape index (κ1) is 13.9. The van der Waals surface area contributed by atoms with Crippen LogP contribution in [-0.2, 0) is 4.74 Å². The molecule has 0 aromatic heterocycles. The van der Waals surface area contributed by atoms with Crippen molar-refractivity contribution in [2.75, 3.05) is 19.7 Å². The molecular weight excluding hydrogens is 200 g/mol. The lowest BCUT2D eigenvalue weighted by Crippen LogP contribution is -2.54. The molecule has 3 unspecified atom stereocenters. The smallest absolute Gasteiger partial charge is 0.0674 e. The summed E-state index contributed by atoms with van der Waals surface area (Å²) in [6.07, 6.45) is 5.51. The molecule has 1 heterocycles. The largest absolute Gasteiger partial charge is 0.376 e. The van der Waals surface area contributed by atoms with Gasteiger partial charge >= 0.3 is 0 Å². The Morgan fingerprint density at radius 1 is 1.38 bits per heavy atom. The first-order valence-corrected chi connectivity index (χ1v) is 6.76. The number of rotatable bonds is 6. The van der Waals surface area contributed by atoms with E-state index in [1.807, 2.05) is 0 Å². The number of nitrogens with two attached hydrogens (primary N) is 1. The van der Waals surface area contributed by atoms with Gasteiger partial charge in [0.1, 0.15) is 0 Å². The second-order valence-corrected chi connectivity index (χ2v) is 5.08. The van der Waals surface area contributed by atoms with Crippen molar-refractivity contribution >= 4 is 0 Å². The monoisotopic (exact) mass is 228 g/mol. The summed E-state index contributed by atoms with van der Waals surface area (Å²) in [5, 5.41) is 0. The SMILES string of the molecule is CCCCCC(CN)N1CC(C)OCC1C. The lowest BCUT2D eigenvalue weighted by atomic mass is 10.0. The Balaban J connectivity index is 2.42. The molecule has 0 radical (unpaired) electrons. The van der Waals surface area contributed by atoms with E-state index in [1.165, 1.54) is 25.7 Å². The van der Waals surface area contributed by atoms with Crippen LogP contribution in [0.3, 0.4) is 0 Å². The maximum atomic E-state index is 5.91. The Labute approximate surface area is 100 Å². The van der Waals surface area contributed by atoms with Crippen molar-refractivity contribution in [2.24, 2.45) is 5.73 Å². The Bertz CT molecular complexity index is 187. The van der Waals surface area contributed by atoms with E-state index in [9.17, 15) is 0 Å². The van der Waals surface area contributed by atoms with Crippen molar-refractivity contribution in [3.05, 3.63) is 0 Å². The zero-order valence-electron chi connectivity index (χ0n) is 11.1. The van der Waals surface area contributed by atoms with E-state index < -0.39 is 0 Å². The summed E-state index contributed by atoms with van der Waals surface area (Å²) in [5.74, 6) is 0. The lowest BCUT2D eigenvalue weighted by Gasteiger charge is -2.41. The fourth-order valence-electron chi connectivity index (χ4n) is 2.49. The fraction of sp³-hybridized carbons (Fsp3) is 1.00. The van der Waals surface area contributed by atoms with Gasteiger partial charge in [0.2, 0.25) is 0 Å². The molecule has 0 bridgehead atoms. The molecule has 3 atom stereocenters. The summed E-state index contributed by atoms with van der Waals surface area (Å²) in [6.45, 7) is 9.31. The predicted octanol–water partition coefficient (Wildman–Crippen LogP) is 2.00. The molecule has 1 aliphatic rings. The van der Waals surface area contributed by atoms with E-state index >= 15 is 0 Å². The third-order valence-corrected chi connectivity index (χ3v) is 3.54. The van der Waals surface area contributed by atoms with Gasteiger partial charge in [-0.1, -0.05) is 26.2 Å².